The summed E-state index contributed by atoms with van der Waals surface area (Å²) in [7, 11) is 0. The Bertz CT molecular complexity index is 1260. The van der Waals surface area contributed by atoms with E-state index in [4.69, 9.17) is 28.9 Å². The maximum absolute atomic E-state index is 12.3. The largest absolute Gasteiger partial charge is 0.383 e. The number of nitrogens with zero attached hydrogens (tertiary/aromatic N) is 3. The number of amides is 1. The van der Waals surface area contributed by atoms with Gasteiger partial charge in [0.2, 0.25) is 5.91 Å². The number of rotatable bonds is 7. The van der Waals surface area contributed by atoms with E-state index >= 15 is 0 Å². The molecule has 0 aliphatic carbocycles. The Kier molecular flexibility index (Phi) is 8.19. The normalized spacial score (nSPS) is 10.3. The Morgan fingerprint density at radius 2 is 1.73 bits per heavy atom. The number of hydrogen-bond acceptors (Lipinski definition) is 6. The van der Waals surface area contributed by atoms with Gasteiger partial charge in [-0.1, -0.05) is 54.4 Å². The van der Waals surface area contributed by atoms with Crippen LogP contribution < -0.4 is 11.1 Å². The maximum atomic E-state index is 12.3. The second-order valence-corrected chi connectivity index (χ2v) is 8.96. The lowest BCUT2D eigenvalue weighted by Gasteiger charge is -2.13. The molecule has 0 aliphatic heterocycles. The minimum Gasteiger partial charge on any atom is -0.383 e. The van der Waals surface area contributed by atoms with E-state index < -0.39 is 0 Å². The zero-order valence-electron chi connectivity index (χ0n) is 17.7. The molecule has 9 heteroatoms. The van der Waals surface area contributed by atoms with Crippen molar-refractivity contribution in [2.75, 3.05) is 16.8 Å². The van der Waals surface area contributed by atoms with Crippen LogP contribution in [0.1, 0.15) is 30.0 Å². The zero-order valence-corrected chi connectivity index (χ0v) is 20.0. The lowest BCUT2D eigenvalue weighted by Crippen LogP contribution is -2.12. The molecular weight excluding hydrogens is 477 g/mol. The zero-order chi connectivity index (χ0) is 24.0. The highest BCUT2D eigenvalue weighted by molar-refractivity contribution is 7.99. The molecule has 0 atom stereocenters. The number of hydrogen-bond donors (Lipinski definition) is 2. The molecule has 0 radical (unpaired) electrons. The van der Waals surface area contributed by atoms with Crippen molar-refractivity contribution >= 4 is 52.4 Å². The van der Waals surface area contributed by atoms with Crippen LogP contribution in [0.4, 0.5) is 11.5 Å². The van der Waals surface area contributed by atoms with Crippen LogP contribution in [-0.2, 0) is 11.2 Å². The van der Waals surface area contributed by atoms with Gasteiger partial charge in [0.05, 0.1) is 5.56 Å². The number of pyridine rings is 1. The molecule has 0 unspecified atom stereocenters. The Balaban J connectivity index is 1.81. The number of nitrogens with two attached hydrogens (primary N) is 1. The Labute approximate surface area is 206 Å². The van der Waals surface area contributed by atoms with Gasteiger partial charge < -0.3 is 11.1 Å². The molecule has 0 saturated heterocycles. The average molecular weight is 496 g/mol. The number of aryl methyl sites for hydroxylation is 1. The number of benzene rings is 2. The standard InChI is InChI=1S/C24H19Cl2N5OS/c1-2-14-3-5-15(6-4-14)22-19(12-27)23(29)31-24(20(22)13-28)33-8-7-21(32)30-18-10-16(25)9-17(26)11-18/h3-6,9-11H,2,7-8H2,1H3,(H2,29,31)(H,30,32). The van der Waals surface area contributed by atoms with Gasteiger partial charge in [-0.05, 0) is 35.7 Å². The van der Waals surface area contributed by atoms with Crippen molar-refractivity contribution in [3.63, 3.8) is 0 Å². The number of nitrogen functional groups attached to an aromatic ring is 1. The molecule has 3 rings (SSSR count). The van der Waals surface area contributed by atoms with Gasteiger partial charge in [0.1, 0.15) is 28.5 Å². The van der Waals surface area contributed by atoms with Gasteiger partial charge in [0.15, 0.2) is 0 Å². The molecule has 3 N–H and O–H groups in total. The van der Waals surface area contributed by atoms with E-state index in [0.29, 0.717) is 37.6 Å². The summed E-state index contributed by atoms with van der Waals surface area (Å²) >= 11 is 13.1. The summed E-state index contributed by atoms with van der Waals surface area (Å²) in [6.07, 6.45) is 1.03. The molecule has 2 aromatic carbocycles. The van der Waals surface area contributed by atoms with Gasteiger partial charge in [-0.15, -0.1) is 11.8 Å². The number of anilines is 2. The molecule has 6 nitrogen and oxygen atoms in total. The van der Waals surface area contributed by atoms with E-state index in [-0.39, 0.29) is 29.3 Å². The van der Waals surface area contributed by atoms with Gasteiger partial charge in [-0.2, -0.15) is 10.5 Å². The molecule has 0 fully saturated rings. The predicted molar refractivity (Wildman–Crippen MR) is 133 cm³/mol. The first-order chi connectivity index (χ1) is 15.9. The van der Waals surface area contributed by atoms with Gasteiger partial charge >= 0.3 is 0 Å². The third kappa shape index (κ3) is 5.97. The molecule has 0 aliphatic rings. The van der Waals surface area contributed by atoms with Crippen molar-refractivity contribution in [2.24, 2.45) is 0 Å². The predicted octanol–water partition coefficient (Wildman–Crippen LogP) is 6.06. The molecule has 33 heavy (non-hydrogen) atoms. The first-order valence-electron chi connectivity index (χ1n) is 9.98. The minimum absolute atomic E-state index is 0.0478. The van der Waals surface area contributed by atoms with E-state index in [1.54, 1.807) is 18.2 Å². The van der Waals surface area contributed by atoms with Crippen molar-refractivity contribution in [1.82, 2.24) is 4.98 Å². The quantitative estimate of drug-likeness (QED) is 0.384. The number of nitrogens with one attached hydrogen (secondary N) is 1. The van der Waals surface area contributed by atoms with Crippen molar-refractivity contribution in [1.29, 1.82) is 10.5 Å². The summed E-state index contributed by atoms with van der Waals surface area (Å²) in [6, 6.07) is 16.7. The van der Waals surface area contributed by atoms with Crippen LogP contribution in [0.3, 0.4) is 0 Å². The van der Waals surface area contributed by atoms with Crippen LogP contribution >= 0.6 is 35.0 Å². The molecular formula is C24H19Cl2N5OS. The number of nitriles is 2. The fraction of sp³-hybridized carbons (Fsp3) is 0.167. The molecule has 3 aromatic rings. The number of halogens is 2. The molecule has 1 amide bonds. The highest BCUT2D eigenvalue weighted by Gasteiger charge is 2.20. The monoisotopic (exact) mass is 495 g/mol. The van der Waals surface area contributed by atoms with Crippen LogP contribution in [0.5, 0.6) is 0 Å². The lowest BCUT2D eigenvalue weighted by molar-refractivity contribution is -0.115. The number of carbonyl (C=O) groups is 1. The molecule has 0 saturated carbocycles. The fourth-order valence-corrected chi connectivity index (χ4v) is 4.65. The number of carbonyl (C=O) groups excluding carboxylic acids is 1. The van der Waals surface area contributed by atoms with Crippen LogP contribution in [0.15, 0.2) is 47.5 Å². The summed E-state index contributed by atoms with van der Waals surface area (Å²) in [5, 5.41) is 23.5. The lowest BCUT2D eigenvalue weighted by atomic mass is 9.96. The summed E-state index contributed by atoms with van der Waals surface area (Å²) in [5.74, 6) is 0.157. The molecule has 0 spiro atoms. The van der Waals surface area contributed by atoms with Crippen LogP contribution in [0, 0.1) is 22.7 Å². The van der Waals surface area contributed by atoms with Crippen LogP contribution in [0.25, 0.3) is 11.1 Å². The number of thioether (sulfide) groups is 1. The highest BCUT2D eigenvalue weighted by Crippen LogP contribution is 2.36. The summed E-state index contributed by atoms with van der Waals surface area (Å²) in [5.41, 5.74) is 9.28. The van der Waals surface area contributed by atoms with Crippen molar-refractivity contribution in [3.8, 4) is 23.3 Å². The third-order valence-electron chi connectivity index (χ3n) is 4.78. The van der Waals surface area contributed by atoms with Crippen molar-refractivity contribution in [3.05, 3.63) is 69.2 Å². The third-order valence-corrected chi connectivity index (χ3v) is 6.19. The van der Waals surface area contributed by atoms with E-state index in [1.807, 2.05) is 31.2 Å². The number of aromatic nitrogens is 1. The average Bonchev–Trinajstić information content (AvgIpc) is 2.78. The van der Waals surface area contributed by atoms with Gasteiger partial charge in [0, 0.05) is 33.5 Å². The molecule has 1 heterocycles. The molecule has 166 valence electrons. The first kappa shape index (κ1) is 24.4. The van der Waals surface area contributed by atoms with Gasteiger partial charge in [0.25, 0.3) is 0 Å². The second kappa shape index (κ2) is 11.1. The van der Waals surface area contributed by atoms with Crippen molar-refractivity contribution < 1.29 is 4.79 Å². The fourth-order valence-electron chi connectivity index (χ4n) is 3.19. The smallest absolute Gasteiger partial charge is 0.225 e. The van der Waals surface area contributed by atoms with Gasteiger partial charge in [-0.25, -0.2) is 4.98 Å². The first-order valence-corrected chi connectivity index (χ1v) is 11.7. The summed E-state index contributed by atoms with van der Waals surface area (Å²) in [6.45, 7) is 2.05. The Morgan fingerprint density at radius 1 is 1.09 bits per heavy atom. The SMILES string of the molecule is CCc1ccc(-c2c(C#N)c(N)nc(SCCC(=O)Nc3cc(Cl)cc(Cl)c3)c2C#N)cc1. The highest BCUT2D eigenvalue weighted by atomic mass is 35.5. The van der Waals surface area contributed by atoms with E-state index in [2.05, 4.69) is 22.4 Å². The van der Waals surface area contributed by atoms with E-state index in [9.17, 15) is 15.3 Å². The Morgan fingerprint density at radius 3 is 2.30 bits per heavy atom. The maximum Gasteiger partial charge on any atom is 0.225 e. The topological polar surface area (TPSA) is 116 Å². The summed E-state index contributed by atoms with van der Waals surface area (Å²) in [4.78, 5) is 16.6. The second-order valence-electron chi connectivity index (χ2n) is 7.01. The minimum atomic E-state index is -0.240. The van der Waals surface area contributed by atoms with E-state index in [0.717, 1.165) is 12.0 Å². The van der Waals surface area contributed by atoms with E-state index in [1.165, 1.54) is 11.8 Å². The van der Waals surface area contributed by atoms with Crippen molar-refractivity contribution in [2.45, 2.75) is 24.8 Å². The van der Waals surface area contributed by atoms with Gasteiger partial charge in [-0.3, -0.25) is 4.79 Å². The van der Waals surface area contributed by atoms with Crippen LogP contribution in [0.2, 0.25) is 10.0 Å². The Hall–Kier alpha value is -3.23. The summed E-state index contributed by atoms with van der Waals surface area (Å²) < 4.78 is 0. The molecule has 1 aromatic heterocycles. The molecule has 0 bridgehead atoms. The van der Waals surface area contributed by atoms with Crippen LogP contribution in [-0.4, -0.2) is 16.6 Å².